The summed E-state index contributed by atoms with van der Waals surface area (Å²) in [5.41, 5.74) is 1.83. The summed E-state index contributed by atoms with van der Waals surface area (Å²) in [5, 5.41) is 3.10. The molecule has 0 aliphatic rings. The van der Waals surface area contributed by atoms with Gasteiger partial charge in [-0.05, 0) is 30.0 Å². The van der Waals surface area contributed by atoms with Crippen LogP contribution >= 0.6 is 0 Å². The molecule has 0 saturated heterocycles. The molecule has 5 heteroatoms. The maximum Gasteiger partial charge on any atom is 0.244 e. The van der Waals surface area contributed by atoms with Crippen LogP contribution < -0.4 is 19.5 Å². The number of benzene rings is 2. The van der Waals surface area contributed by atoms with Crippen LogP contribution in [0.5, 0.6) is 17.2 Å². The van der Waals surface area contributed by atoms with E-state index >= 15 is 0 Å². The number of amides is 1. The van der Waals surface area contributed by atoms with E-state index < -0.39 is 0 Å². The van der Waals surface area contributed by atoms with Crippen LogP contribution in [0.4, 0.5) is 0 Å². The van der Waals surface area contributed by atoms with Gasteiger partial charge in [0, 0.05) is 17.7 Å². The topological polar surface area (TPSA) is 56.8 Å². The normalized spacial score (nSPS) is 12.1. The number of ether oxygens (including phenoxy) is 3. The highest BCUT2D eigenvalue weighted by Crippen LogP contribution is 2.35. The standard InChI is InChI=1S/C23H29NO4/c1-16(2)13-19(17-9-7-6-8-10-17)24-23(25)12-11-18-14-21(27-4)22(28-5)15-20(18)26-3/h6-12,14-16,19H,13H2,1-5H3,(H,24,25)/b12-11+. The molecule has 0 fully saturated rings. The Hall–Kier alpha value is -2.95. The molecule has 2 aromatic carbocycles. The minimum absolute atomic E-state index is 0.0364. The highest BCUT2D eigenvalue weighted by Gasteiger charge is 2.15. The Kier molecular flexibility index (Phi) is 7.93. The molecule has 0 aliphatic carbocycles. The van der Waals surface area contributed by atoms with Crippen LogP contribution in [-0.4, -0.2) is 27.2 Å². The van der Waals surface area contributed by atoms with Gasteiger partial charge in [-0.2, -0.15) is 0 Å². The highest BCUT2D eigenvalue weighted by molar-refractivity contribution is 5.92. The summed E-state index contributed by atoms with van der Waals surface area (Å²) in [7, 11) is 4.71. The van der Waals surface area contributed by atoms with Crippen molar-refractivity contribution in [1.82, 2.24) is 5.32 Å². The zero-order valence-electron chi connectivity index (χ0n) is 17.2. The SMILES string of the molecule is COc1cc(OC)c(OC)cc1/C=C/C(=O)NC(CC(C)C)c1ccccc1. The second kappa shape index (κ2) is 10.4. The molecule has 1 N–H and O–H groups in total. The second-order valence-electron chi connectivity index (χ2n) is 6.88. The van der Waals surface area contributed by atoms with Crippen LogP contribution in [0.15, 0.2) is 48.5 Å². The lowest BCUT2D eigenvalue weighted by molar-refractivity contribution is -0.117. The van der Waals surface area contributed by atoms with E-state index in [2.05, 4.69) is 19.2 Å². The Morgan fingerprint density at radius 1 is 0.964 bits per heavy atom. The van der Waals surface area contributed by atoms with Crippen LogP contribution in [-0.2, 0) is 4.79 Å². The van der Waals surface area contributed by atoms with Crippen molar-refractivity contribution < 1.29 is 19.0 Å². The van der Waals surface area contributed by atoms with E-state index in [0.717, 1.165) is 17.5 Å². The molecule has 2 rings (SSSR count). The third-order valence-corrected chi connectivity index (χ3v) is 4.38. The van der Waals surface area contributed by atoms with Gasteiger partial charge < -0.3 is 19.5 Å². The molecule has 2 aromatic rings. The molecule has 28 heavy (non-hydrogen) atoms. The van der Waals surface area contributed by atoms with Crippen molar-refractivity contribution in [2.75, 3.05) is 21.3 Å². The minimum Gasteiger partial charge on any atom is -0.496 e. The molecule has 0 aliphatic heterocycles. The molecule has 0 aromatic heterocycles. The third-order valence-electron chi connectivity index (χ3n) is 4.38. The molecule has 0 bridgehead atoms. The first-order chi connectivity index (χ1) is 13.5. The first-order valence-electron chi connectivity index (χ1n) is 9.32. The molecule has 1 unspecified atom stereocenters. The lowest BCUT2D eigenvalue weighted by Crippen LogP contribution is -2.27. The van der Waals surface area contributed by atoms with Crippen LogP contribution in [0.2, 0.25) is 0 Å². The summed E-state index contributed by atoms with van der Waals surface area (Å²) in [6, 6.07) is 13.5. The second-order valence-corrected chi connectivity index (χ2v) is 6.88. The number of carbonyl (C=O) groups is 1. The average molecular weight is 383 g/mol. The van der Waals surface area contributed by atoms with Gasteiger partial charge in [-0.1, -0.05) is 44.2 Å². The van der Waals surface area contributed by atoms with Crippen LogP contribution in [0.25, 0.3) is 6.08 Å². The van der Waals surface area contributed by atoms with Crippen molar-refractivity contribution in [3.05, 3.63) is 59.7 Å². The lowest BCUT2D eigenvalue weighted by atomic mass is 9.97. The molecule has 0 spiro atoms. The Labute approximate surface area is 167 Å². The summed E-state index contributed by atoms with van der Waals surface area (Å²) in [6.07, 6.45) is 4.09. The van der Waals surface area contributed by atoms with E-state index in [4.69, 9.17) is 14.2 Å². The Bertz CT molecular complexity index is 800. The molecule has 1 atom stereocenters. The Morgan fingerprint density at radius 3 is 2.14 bits per heavy atom. The summed E-state index contributed by atoms with van der Waals surface area (Å²) < 4.78 is 16.0. The summed E-state index contributed by atoms with van der Waals surface area (Å²) in [5.74, 6) is 2.04. The first-order valence-corrected chi connectivity index (χ1v) is 9.32. The van der Waals surface area contributed by atoms with Gasteiger partial charge in [-0.15, -0.1) is 0 Å². The molecule has 0 saturated carbocycles. The van der Waals surface area contributed by atoms with Crippen molar-refractivity contribution in [2.24, 2.45) is 5.92 Å². The number of methoxy groups -OCH3 is 3. The van der Waals surface area contributed by atoms with E-state index in [1.54, 1.807) is 39.5 Å². The van der Waals surface area contributed by atoms with Gasteiger partial charge in [0.25, 0.3) is 0 Å². The quantitative estimate of drug-likeness (QED) is 0.642. The highest BCUT2D eigenvalue weighted by atomic mass is 16.5. The Morgan fingerprint density at radius 2 is 1.57 bits per heavy atom. The van der Waals surface area contributed by atoms with Crippen molar-refractivity contribution in [2.45, 2.75) is 26.3 Å². The maximum atomic E-state index is 12.6. The smallest absolute Gasteiger partial charge is 0.244 e. The van der Waals surface area contributed by atoms with E-state index in [0.29, 0.717) is 23.2 Å². The Balaban J connectivity index is 2.19. The fourth-order valence-corrected chi connectivity index (χ4v) is 3.00. The van der Waals surface area contributed by atoms with Gasteiger partial charge in [0.2, 0.25) is 5.91 Å². The molecule has 5 nitrogen and oxygen atoms in total. The lowest BCUT2D eigenvalue weighted by Gasteiger charge is -2.20. The summed E-state index contributed by atoms with van der Waals surface area (Å²) in [4.78, 5) is 12.6. The van der Waals surface area contributed by atoms with Gasteiger partial charge in [-0.25, -0.2) is 0 Å². The van der Waals surface area contributed by atoms with Crippen molar-refractivity contribution in [1.29, 1.82) is 0 Å². The molecular formula is C23H29NO4. The van der Waals surface area contributed by atoms with Crippen molar-refractivity contribution in [3.8, 4) is 17.2 Å². The summed E-state index contributed by atoms with van der Waals surface area (Å²) >= 11 is 0. The predicted molar refractivity (Wildman–Crippen MR) is 112 cm³/mol. The number of hydrogen-bond donors (Lipinski definition) is 1. The van der Waals surface area contributed by atoms with Crippen molar-refractivity contribution in [3.63, 3.8) is 0 Å². The van der Waals surface area contributed by atoms with Crippen LogP contribution in [0, 0.1) is 5.92 Å². The predicted octanol–water partition coefficient (Wildman–Crippen LogP) is 4.63. The van der Waals surface area contributed by atoms with Gasteiger partial charge in [0.05, 0.1) is 27.4 Å². The molecule has 0 radical (unpaired) electrons. The average Bonchev–Trinajstić information content (AvgIpc) is 2.71. The zero-order chi connectivity index (χ0) is 20.5. The van der Waals surface area contributed by atoms with Crippen molar-refractivity contribution >= 4 is 12.0 Å². The zero-order valence-corrected chi connectivity index (χ0v) is 17.2. The molecule has 0 heterocycles. The van der Waals surface area contributed by atoms with Gasteiger partial charge in [0.15, 0.2) is 11.5 Å². The van der Waals surface area contributed by atoms with E-state index in [1.807, 2.05) is 30.3 Å². The number of carbonyl (C=O) groups excluding carboxylic acids is 1. The first kappa shape index (κ1) is 21.4. The summed E-state index contributed by atoms with van der Waals surface area (Å²) in [6.45, 7) is 4.29. The monoisotopic (exact) mass is 383 g/mol. The number of nitrogens with one attached hydrogen (secondary N) is 1. The minimum atomic E-state index is -0.161. The largest absolute Gasteiger partial charge is 0.496 e. The molecule has 150 valence electrons. The van der Waals surface area contributed by atoms with E-state index in [9.17, 15) is 4.79 Å². The van der Waals surface area contributed by atoms with E-state index in [-0.39, 0.29) is 11.9 Å². The van der Waals surface area contributed by atoms with Crippen LogP contribution in [0.1, 0.15) is 37.4 Å². The fraction of sp³-hybridized carbons (Fsp3) is 0.348. The number of rotatable bonds is 9. The van der Waals surface area contributed by atoms with Gasteiger partial charge in [0.1, 0.15) is 5.75 Å². The fourth-order valence-electron chi connectivity index (χ4n) is 3.00. The van der Waals surface area contributed by atoms with Gasteiger partial charge in [-0.3, -0.25) is 4.79 Å². The van der Waals surface area contributed by atoms with Crippen LogP contribution in [0.3, 0.4) is 0 Å². The third kappa shape index (κ3) is 5.78. The molecule has 1 amide bonds. The maximum absolute atomic E-state index is 12.6. The number of hydrogen-bond acceptors (Lipinski definition) is 4. The van der Waals surface area contributed by atoms with Gasteiger partial charge >= 0.3 is 0 Å². The van der Waals surface area contributed by atoms with E-state index in [1.165, 1.54) is 6.08 Å². The molecular weight excluding hydrogens is 354 g/mol.